The second-order valence-corrected chi connectivity index (χ2v) is 7.46. The first-order valence-corrected chi connectivity index (χ1v) is 9.51. The molecule has 120 valence electrons. The van der Waals surface area contributed by atoms with Gasteiger partial charge in [0.05, 0.1) is 12.4 Å². The first-order valence-electron chi connectivity index (χ1n) is 7.69. The quantitative estimate of drug-likeness (QED) is 0.721. The molecule has 0 bridgehead atoms. The van der Waals surface area contributed by atoms with Crippen LogP contribution in [-0.4, -0.2) is 33.1 Å². The van der Waals surface area contributed by atoms with Gasteiger partial charge in [-0.05, 0) is 44.0 Å². The Hall–Kier alpha value is -1.07. The molecule has 0 radical (unpaired) electrons. The summed E-state index contributed by atoms with van der Waals surface area (Å²) in [5.41, 5.74) is 1.18. The molecular formula is C16H27NO3S. The average molecular weight is 313 g/mol. The van der Waals surface area contributed by atoms with Crippen LogP contribution in [0.5, 0.6) is 5.75 Å². The van der Waals surface area contributed by atoms with Crippen molar-refractivity contribution in [1.82, 2.24) is 5.32 Å². The van der Waals surface area contributed by atoms with Crippen molar-refractivity contribution >= 4 is 9.84 Å². The topological polar surface area (TPSA) is 55.4 Å². The third-order valence-corrected chi connectivity index (χ3v) is 5.22. The minimum Gasteiger partial charge on any atom is -0.494 e. The maximum atomic E-state index is 11.6. The molecule has 1 atom stereocenters. The van der Waals surface area contributed by atoms with E-state index in [9.17, 15) is 8.42 Å². The lowest BCUT2D eigenvalue weighted by molar-refractivity contribution is 0.340. The fourth-order valence-corrected chi connectivity index (χ4v) is 3.14. The zero-order chi connectivity index (χ0) is 15.7. The maximum Gasteiger partial charge on any atom is 0.150 e. The van der Waals surface area contributed by atoms with Gasteiger partial charge in [-0.15, -0.1) is 0 Å². The minimum absolute atomic E-state index is 0.192. The molecule has 5 heteroatoms. The molecule has 0 heterocycles. The Balaban J connectivity index is 2.63. The Labute approximate surface area is 128 Å². The summed E-state index contributed by atoms with van der Waals surface area (Å²) >= 11 is 0. The summed E-state index contributed by atoms with van der Waals surface area (Å²) in [6.45, 7) is 7.24. The van der Waals surface area contributed by atoms with E-state index >= 15 is 0 Å². The summed E-state index contributed by atoms with van der Waals surface area (Å²) in [6, 6.07) is 8.22. The van der Waals surface area contributed by atoms with Crippen molar-refractivity contribution < 1.29 is 13.2 Å². The van der Waals surface area contributed by atoms with Crippen molar-refractivity contribution in [2.75, 3.05) is 24.7 Å². The highest BCUT2D eigenvalue weighted by Gasteiger charge is 2.13. The Morgan fingerprint density at radius 3 is 2.33 bits per heavy atom. The maximum absolute atomic E-state index is 11.6. The van der Waals surface area contributed by atoms with Gasteiger partial charge in [0.25, 0.3) is 0 Å². The lowest BCUT2D eigenvalue weighted by atomic mass is 10.0. The lowest BCUT2D eigenvalue weighted by Crippen LogP contribution is -2.22. The van der Waals surface area contributed by atoms with E-state index in [2.05, 4.69) is 12.2 Å². The van der Waals surface area contributed by atoms with Gasteiger partial charge in [0.1, 0.15) is 15.6 Å². The molecule has 0 fully saturated rings. The van der Waals surface area contributed by atoms with Crippen molar-refractivity contribution in [2.45, 2.75) is 39.7 Å². The number of nitrogens with one attached hydrogen (secondary N) is 1. The van der Waals surface area contributed by atoms with Gasteiger partial charge in [-0.3, -0.25) is 0 Å². The van der Waals surface area contributed by atoms with Gasteiger partial charge in [0.15, 0.2) is 0 Å². The fraction of sp³-hybridized carbons (Fsp3) is 0.625. The smallest absolute Gasteiger partial charge is 0.150 e. The molecule has 1 N–H and O–H groups in total. The second kappa shape index (κ2) is 9.05. The standard InChI is InChI=1S/C16H27NO3S/c1-4-17-16(8-7-13-21(18,19)6-3)14-9-11-15(12-10-14)20-5-2/h9-12,16-17H,4-8,13H2,1-3H3. The molecule has 4 nitrogen and oxygen atoms in total. The van der Waals surface area contributed by atoms with E-state index in [4.69, 9.17) is 4.74 Å². The van der Waals surface area contributed by atoms with Gasteiger partial charge in [-0.25, -0.2) is 8.42 Å². The summed E-state index contributed by atoms with van der Waals surface area (Å²) in [6.07, 6.45) is 1.50. The van der Waals surface area contributed by atoms with E-state index in [1.54, 1.807) is 6.92 Å². The van der Waals surface area contributed by atoms with E-state index < -0.39 is 9.84 Å². The van der Waals surface area contributed by atoms with Crippen molar-refractivity contribution in [1.29, 1.82) is 0 Å². The summed E-state index contributed by atoms with van der Waals surface area (Å²) in [5, 5.41) is 3.42. The number of rotatable bonds is 10. The van der Waals surface area contributed by atoms with Gasteiger partial charge < -0.3 is 10.1 Å². The minimum atomic E-state index is -2.87. The number of hydrogen-bond donors (Lipinski definition) is 1. The van der Waals surface area contributed by atoms with Crippen LogP contribution in [0.2, 0.25) is 0 Å². The van der Waals surface area contributed by atoms with E-state index in [0.29, 0.717) is 13.0 Å². The molecule has 0 saturated carbocycles. The summed E-state index contributed by atoms with van der Waals surface area (Å²) in [4.78, 5) is 0. The summed E-state index contributed by atoms with van der Waals surface area (Å²) in [7, 11) is -2.87. The van der Waals surface area contributed by atoms with E-state index in [1.165, 1.54) is 5.56 Å². The van der Waals surface area contributed by atoms with Crippen molar-refractivity contribution in [3.8, 4) is 5.75 Å². The second-order valence-electron chi connectivity index (χ2n) is 4.99. The molecule has 1 rings (SSSR count). The van der Waals surface area contributed by atoms with E-state index in [0.717, 1.165) is 18.7 Å². The first-order chi connectivity index (χ1) is 10.0. The summed E-state index contributed by atoms with van der Waals surface area (Å²) in [5.74, 6) is 1.36. The first kappa shape index (κ1) is 18.0. The van der Waals surface area contributed by atoms with Crippen molar-refractivity contribution in [2.24, 2.45) is 0 Å². The fourth-order valence-electron chi connectivity index (χ4n) is 2.25. The highest BCUT2D eigenvalue weighted by atomic mass is 32.2. The van der Waals surface area contributed by atoms with Crippen LogP contribution in [-0.2, 0) is 9.84 Å². The zero-order valence-electron chi connectivity index (χ0n) is 13.3. The molecule has 0 aliphatic heterocycles. The molecule has 0 aliphatic carbocycles. The van der Waals surface area contributed by atoms with Crippen molar-refractivity contribution in [3.05, 3.63) is 29.8 Å². The monoisotopic (exact) mass is 313 g/mol. The van der Waals surface area contributed by atoms with Gasteiger partial charge in [-0.1, -0.05) is 26.0 Å². The molecule has 0 spiro atoms. The van der Waals surface area contributed by atoms with Crippen LogP contribution in [0.4, 0.5) is 0 Å². The van der Waals surface area contributed by atoms with Crippen LogP contribution in [0.1, 0.15) is 45.2 Å². The highest BCUT2D eigenvalue weighted by molar-refractivity contribution is 7.91. The van der Waals surface area contributed by atoms with Gasteiger partial charge in [-0.2, -0.15) is 0 Å². The van der Waals surface area contributed by atoms with Gasteiger partial charge in [0, 0.05) is 11.8 Å². The molecule has 0 saturated heterocycles. The predicted molar refractivity (Wildman–Crippen MR) is 87.6 cm³/mol. The molecular weight excluding hydrogens is 286 g/mol. The van der Waals surface area contributed by atoms with Crippen molar-refractivity contribution in [3.63, 3.8) is 0 Å². The Morgan fingerprint density at radius 2 is 1.81 bits per heavy atom. The normalized spacial score (nSPS) is 13.1. The molecule has 21 heavy (non-hydrogen) atoms. The van der Waals surface area contributed by atoms with Gasteiger partial charge >= 0.3 is 0 Å². The molecule has 0 aromatic heterocycles. The SMILES string of the molecule is CCNC(CCCS(=O)(=O)CC)c1ccc(OCC)cc1. The van der Waals surface area contributed by atoms with Crippen LogP contribution in [0.25, 0.3) is 0 Å². The van der Waals surface area contributed by atoms with E-state index in [1.807, 2.05) is 31.2 Å². The highest BCUT2D eigenvalue weighted by Crippen LogP contribution is 2.22. The molecule has 0 aliphatic rings. The lowest BCUT2D eigenvalue weighted by Gasteiger charge is -2.18. The Morgan fingerprint density at radius 1 is 1.14 bits per heavy atom. The number of benzene rings is 1. The molecule has 1 unspecified atom stereocenters. The molecule has 1 aromatic carbocycles. The third kappa shape index (κ3) is 6.48. The number of ether oxygens (including phenoxy) is 1. The number of hydrogen-bond acceptors (Lipinski definition) is 4. The third-order valence-electron chi connectivity index (χ3n) is 3.43. The number of sulfone groups is 1. The largest absolute Gasteiger partial charge is 0.494 e. The van der Waals surface area contributed by atoms with Crippen LogP contribution < -0.4 is 10.1 Å². The summed E-state index contributed by atoms with van der Waals surface area (Å²) < 4.78 is 28.6. The zero-order valence-corrected chi connectivity index (χ0v) is 14.1. The van der Waals surface area contributed by atoms with Crippen LogP contribution in [0.3, 0.4) is 0 Å². The van der Waals surface area contributed by atoms with Crippen LogP contribution in [0, 0.1) is 0 Å². The Kier molecular flexibility index (Phi) is 7.75. The van der Waals surface area contributed by atoms with E-state index in [-0.39, 0.29) is 17.5 Å². The average Bonchev–Trinajstić information content (AvgIpc) is 2.47. The Bertz CT molecular complexity index is 497. The van der Waals surface area contributed by atoms with Crippen LogP contribution in [0.15, 0.2) is 24.3 Å². The van der Waals surface area contributed by atoms with Gasteiger partial charge in [0.2, 0.25) is 0 Å². The molecule has 1 aromatic rings. The van der Waals surface area contributed by atoms with Crippen LogP contribution >= 0.6 is 0 Å². The molecule has 0 amide bonds. The predicted octanol–water partition coefficient (Wildman–Crippen LogP) is 2.95.